The van der Waals surface area contributed by atoms with E-state index in [1.54, 1.807) is 6.08 Å². The Morgan fingerprint density at radius 2 is 2.17 bits per heavy atom. The van der Waals surface area contributed by atoms with Crippen molar-refractivity contribution in [2.75, 3.05) is 18.4 Å². The summed E-state index contributed by atoms with van der Waals surface area (Å²) in [5.41, 5.74) is 0.824. The lowest BCUT2D eigenvalue weighted by Gasteiger charge is -2.17. The van der Waals surface area contributed by atoms with Gasteiger partial charge in [-0.3, -0.25) is 4.79 Å². The number of hydrogen-bond acceptors (Lipinski definition) is 4. The highest BCUT2D eigenvalue weighted by Crippen LogP contribution is 2.18. The number of hydrogen-bond donors (Lipinski definition) is 1. The first kappa shape index (κ1) is 16.7. The van der Waals surface area contributed by atoms with Crippen molar-refractivity contribution in [2.45, 2.75) is 19.8 Å². The van der Waals surface area contributed by atoms with Crippen molar-refractivity contribution in [3.8, 4) is 0 Å². The highest BCUT2D eigenvalue weighted by atomic mass is 16.1. The van der Waals surface area contributed by atoms with Gasteiger partial charge in [0.05, 0.1) is 5.52 Å². The number of allylic oxidation sites excluding steroid dienone is 2. The quantitative estimate of drug-likeness (QED) is 0.760. The zero-order valence-electron chi connectivity index (χ0n) is 13.4. The number of aromatic nitrogens is 2. The number of carbonyl (C=O) groups is 1. The summed E-state index contributed by atoms with van der Waals surface area (Å²) in [6.07, 6.45) is 8.34. The molecule has 0 radical (unpaired) electrons. The van der Waals surface area contributed by atoms with Crippen LogP contribution >= 0.6 is 0 Å². The van der Waals surface area contributed by atoms with Gasteiger partial charge in [0.25, 0.3) is 0 Å². The molecule has 0 bridgehead atoms. The minimum absolute atomic E-state index is 0.0300. The highest BCUT2D eigenvalue weighted by molar-refractivity contribution is 5.98. The Hall–Kier alpha value is -2.69. The molecule has 0 atom stereocenters. The van der Waals surface area contributed by atoms with Crippen LogP contribution in [-0.4, -0.2) is 33.9 Å². The SMILES string of the molecule is C=C/C=C/N(CC)CCCC(=O)Nc1ncnc2ccccc12. The first-order chi connectivity index (χ1) is 11.2. The Kier molecular flexibility index (Phi) is 6.29. The standard InChI is InChI=1S/C18H22N4O/c1-3-5-12-22(4-2)13-8-11-17(23)21-18-15-9-6-7-10-16(15)19-14-20-18/h3,5-7,9-10,12,14H,1,4,8,11,13H2,2H3,(H,19,20,21,23)/b12-5+. The number of fused-ring (bicyclic) bond motifs is 1. The third kappa shape index (κ3) is 4.92. The van der Waals surface area contributed by atoms with Crippen molar-refractivity contribution in [2.24, 2.45) is 0 Å². The Labute approximate surface area is 136 Å². The predicted octanol–water partition coefficient (Wildman–Crippen LogP) is 3.37. The van der Waals surface area contributed by atoms with Gasteiger partial charge in [0.1, 0.15) is 12.1 Å². The first-order valence-corrected chi connectivity index (χ1v) is 7.77. The fraction of sp³-hybridized carbons (Fsp3) is 0.278. The third-order valence-corrected chi connectivity index (χ3v) is 3.49. The van der Waals surface area contributed by atoms with Gasteiger partial charge >= 0.3 is 0 Å². The van der Waals surface area contributed by atoms with Crippen LogP contribution in [0.15, 0.2) is 55.5 Å². The van der Waals surface area contributed by atoms with Gasteiger partial charge in [-0.05, 0) is 37.8 Å². The molecule has 5 heteroatoms. The minimum atomic E-state index is -0.0300. The summed E-state index contributed by atoms with van der Waals surface area (Å²) in [6, 6.07) is 7.63. The van der Waals surface area contributed by atoms with Gasteiger partial charge in [0.2, 0.25) is 5.91 Å². The van der Waals surface area contributed by atoms with Gasteiger partial charge in [0, 0.05) is 24.9 Å². The molecule has 1 aromatic heterocycles. The fourth-order valence-electron chi connectivity index (χ4n) is 2.26. The van der Waals surface area contributed by atoms with Crippen molar-refractivity contribution < 1.29 is 4.79 Å². The van der Waals surface area contributed by atoms with E-state index in [2.05, 4.69) is 33.7 Å². The topological polar surface area (TPSA) is 58.1 Å². The summed E-state index contributed by atoms with van der Waals surface area (Å²) in [5, 5.41) is 3.73. The Morgan fingerprint density at radius 3 is 2.96 bits per heavy atom. The van der Waals surface area contributed by atoms with Crippen LogP contribution in [-0.2, 0) is 4.79 Å². The summed E-state index contributed by atoms with van der Waals surface area (Å²) in [6.45, 7) is 7.48. The van der Waals surface area contributed by atoms with Gasteiger partial charge in [-0.15, -0.1) is 0 Å². The number of nitrogens with one attached hydrogen (secondary N) is 1. The van der Waals surface area contributed by atoms with Crippen molar-refractivity contribution >= 4 is 22.6 Å². The van der Waals surface area contributed by atoms with E-state index < -0.39 is 0 Å². The van der Waals surface area contributed by atoms with E-state index in [1.165, 1.54) is 6.33 Å². The molecule has 1 heterocycles. The van der Waals surface area contributed by atoms with Gasteiger partial charge < -0.3 is 10.2 Å². The number of rotatable bonds is 8. The second-order valence-corrected chi connectivity index (χ2v) is 5.10. The fourth-order valence-corrected chi connectivity index (χ4v) is 2.26. The van der Waals surface area contributed by atoms with Crippen molar-refractivity contribution in [1.82, 2.24) is 14.9 Å². The second-order valence-electron chi connectivity index (χ2n) is 5.10. The number of para-hydroxylation sites is 1. The summed E-state index contributed by atoms with van der Waals surface area (Å²) >= 11 is 0. The maximum atomic E-state index is 12.1. The number of nitrogens with zero attached hydrogens (tertiary/aromatic N) is 3. The van der Waals surface area contributed by atoms with Crippen LogP contribution in [0.5, 0.6) is 0 Å². The average molecular weight is 310 g/mol. The van der Waals surface area contributed by atoms with Gasteiger partial charge in [-0.2, -0.15) is 0 Å². The Balaban J connectivity index is 1.89. The lowest BCUT2D eigenvalue weighted by Crippen LogP contribution is -2.20. The van der Waals surface area contributed by atoms with Crippen molar-refractivity contribution in [3.05, 3.63) is 55.5 Å². The number of benzene rings is 1. The van der Waals surface area contributed by atoms with Gasteiger partial charge in [0.15, 0.2) is 0 Å². The molecule has 0 saturated heterocycles. The molecule has 0 aliphatic carbocycles. The summed E-state index contributed by atoms with van der Waals surface area (Å²) < 4.78 is 0. The van der Waals surface area contributed by atoms with Gasteiger partial charge in [-0.1, -0.05) is 24.8 Å². The number of anilines is 1. The number of carbonyl (C=O) groups excluding carboxylic acids is 1. The summed E-state index contributed by atoms with van der Waals surface area (Å²) in [7, 11) is 0. The van der Waals surface area contributed by atoms with E-state index in [9.17, 15) is 4.79 Å². The van der Waals surface area contributed by atoms with Crippen LogP contribution in [0, 0.1) is 0 Å². The monoisotopic (exact) mass is 310 g/mol. The third-order valence-electron chi connectivity index (χ3n) is 3.49. The predicted molar refractivity (Wildman–Crippen MR) is 94.0 cm³/mol. The Bertz CT molecular complexity index is 691. The van der Waals surface area contributed by atoms with Gasteiger partial charge in [-0.25, -0.2) is 9.97 Å². The molecule has 120 valence electrons. The van der Waals surface area contributed by atoms with E-state index >= 15 is 0 Å². The highest BCUT2D eigenvalue weighted by Gasteiger charge is 2.08. The molecule has 2 aromatic rings. The molecule has 0 fully saturated rings. The lowest BCUT2D eigenvalue weighted by atomic mass is 10.2. The van der Waals surface area contributed by atoms with Crippen LogP contribution in [0.1, 0.15) is 19.8 Å². The molecule has 0 aliphatic heterocycles. The molecule has 0 aliphatic rings. The molecule has 1 amide bonds. The second kappa shape index (κ2) is 8.68. The van der Waals surface area contributed by atoms with E-state index in [0.29, 0.717) is 12.2 Å². The van der Waals surface area contributed by atoms with E-state index in [4.69, 9.17) is 0 Å². The van der Waals surface area contributed by atoms with E-state index in [-0.39, 0.29) is 5.91 Å². The molecule has 23 heavy (non-hydrogen) atoms. The maximum absolute atomic E-state index is 12.1. The molecular formula is C18H22N4O. The molecular weight excluding hydrogens is 288 g/mol. The van der Waals surface area contributed by atoms with Crippen LogP contribution in [0.25, 0.3) is 10.9 Å². The van der Waals surface area contributed by atoms with Crippen LogP contribution in [0.4, 0.5) is 5.82 Å². The molecule has 1 aromatic carbocycles. The molecule has 2 rings (SSSR count). The smallest absolute Gasteiger partial charge is 0.225 e. The molecule has 1 N–H and O–H groups in total. The van der Waals surface area contributed by atoms with Crippen LogP contribution < -0.4 is 5.32 Å². The van der Waals surface area contributed by atoms with Crippen LogP contribution in [0.3, 0.4) is 0 Å². The number of amides is 1. The van der Waals surface area contributed by atoms with Crippen molar-refractivity contribution in [1.29, 1.82) is 0 Å². The molecule has 0 unspecified atom stereocenters. The van der Waals surface area contributed by atoms with Crippen molar-refractivity contribution in [3.63, 3.8) is 0 Å². The van der Waals surface area contributed by atoms with E-state index in [1.807, 2.05) is 36.5 Å². The zero-order valence-corrected chi connectivity index (χ0v) is 13.4. The average Bonchev–Trinajstić information content (AvgIpc) is 2.58. The minimum Gasteiger partial charge on any atom is -0.378 e. The maximum Gasteiger partial charge on any atom is 0.225 e. The summed E-state index contributed by atoms with van der Waals surface area (Å²) in [4.78, 5) is 22.6. The molecule has 0 saturated carbocycles. The lowest BCUT2D eigenvalue weighted by molar-refractivity contribution is -0.116. The first-order valence-electron chi connectivity index (χ1n) is 7.77. The zero-order chi connectivity index (χ0) is 16.5. The van der Waals surface area contributed by atoms with E-state index in [0.717, 1.165) is 30.4 Å². The normalized spacial score (nSPS) is 10.8. The van der Waals surface area contributed by atoms with Crippen LogP contribution in [0.2, 0.25) is 0 Å². The summed E-state index contributed by atoms with van der Waals surface area (Å²) in [5.74, 6) is 0.539. The molecule has 5 nitrogen and oxygen atoms in total. The Morgan fingerprint density at radius 1 is 1.35 bits per heavy atom. The largest absolute Gasteiger partial charge is 0.378 e. The molecule has 0 spiro atoms.